The number of aliphatic hydroxyl groups excluding tert-OH is 1. The van der Waals surface area contributed by atoms with Gasteiger partial charge >= 0.3 is 0 Å². The molecule has 0 saturated carbocycles. The van der Waals surface area contributed by atoms with E-state index in [1.54, 1.807) is 7.11 Å². The highest BCUT2D eigenvalue weighted by Gasteiger charge is 2.21. The van der Waals surface area contributed by atoms with Crippen LogP contribution >= 0.6 is 11.8 Å². The van der Waals surface area contributed by atoms with Gasteiger partial charge < -0.3 is 14.6 Å². The second kappa shape index (κ2) is 8.32. The first-order valence-corrected chi connectivity index (χ1v) is 7.35. The van der Waals surface area contributed by atoms with Gasteiger partial charge in [0.2, 0.25) is 0 Å². The maximum absolute atomic E-state index is 9.88. The zero-order valence-corrected chi connectivity index (χ0v) is 11.9. The van der Waals surface area contributed by atoms with Gasteiger partial charge in [-0.1, -0.05) is 0 Å². The molecular weight excluding hydrogens is 238 g/mol. The number of rotatable bonds is 8. The molecule has 0 amide bonds. The Morgan fingerprint density at radius 3 is 2.82 bits per heavy atom. The van der Waals surface area contributed by atoms with Crippen molar-refractivity contribution in [1.82, 2.24) is 4.90 Å². The molecule has 1 saturated heterocycles. The molecule has 102 valence electrons. The van der Waals surface area contributed by atoms with Crippen molar-refractivity contribution in [3.63, 3.8) is 0 Å². The van der Waals surface area contributed by atoms with Crippen LogP contribution < -0.4 is 0 Å². The summed E-state index contributed by atoms with van der Waals surface area (Å²) in [6, 6.07) is 0.617. The fraction of sp³-hybridized carbons (Fsp3) is 1.00. The Bertz CT molecular complexity index is 200. The Morgan fingerprint density at radius 2 is 2.24 bits per heavy atom. The van der Waals surface area contributed by atoms with E-state index in [4.69, 9.17) is 9.47 Å². The van der Waals surface area contributed by atoms with Crippen LogP contribution in [0.1, 0.15) is 13.3 Å². The molecule has 0 spiro atoms. The van der Waals surface area contributed by atoms with Crippen LogP contribution in [0.15, 0.2) is 0 Å². The van der Waals surface area contributed by atoms with Crippen molar-refractivity contribution in [2.24, 2.45) is 0 Å². The number of thioether (sulfide) groups is 1. The van der Waals surface area contributed by atoms with Gasteiger partial charge in [0.15, 0.2) is 0 Å². The molecule has 3 unspecified atom stereocenters. The SMILES string of the molecule is COCC(C)OCC(O)CN(C)C1CCSC1. The van der Waals surface area contributed by atoms with E-state index >= 15 is 0 Å². The normalized spacial score (nSPS) is 24.2. The Hall–Kier alpha value is 0.190. The molecule has 1 aliphatic heterocycles. The molecule has 0 aromatic heterocycles. The van der Waals surface area contributed by atoms with Crippen LogP contribution in [0.2, 0.25) is 0 Å². The lowest BCUT2D eigenvalue weighted by atomic mass is 10.2. The van der Waals surface area contributed by atoms with Crippen LogP contribution in [-0.4, -0.2) is 73.7 Å². The van der Waals surface area contributed by atoms with Gasteiger partial charge in [0.05, 0.1) is 25.4 Å². The third kappa shape index (κ3) is 6.06. The number of hydrogen-bond donors (Lipinski definition) is 1. The minimum absolute atomic E-state index is 0.0435. The van der Waals surface area contributed by atoms with Gasteiger partial charge in [0.1, 0.15) is 0 Å². The van der Waals surface area contributed by atoms with Crippen LogP contribution in [0.4, 0.5) is 0 Å². The number of hydrogen-bond acceptors (Lipinski definition) is 5. The van der Waals surface area contributed by atoms with E-state index in [-0.39, 0.29) is 6.10 Å². The Labute approximate surface area is 109 Å². The second-order valence-corrected chi connectivity index (χ2v) is 5.86. The fourth-order valence-electron chi connectivity index (χ4n) is 1.96. The molecule has 1 rings (SSSR count). The first-order chi connectivity index (χ1) is 8.13. The molecule has 1 heterocycles. The highest BCUT2D eigenvalue weighted by atomic mass is 32.2. The molecule has 1 fully saturated rings. The van der Waals surface area contributed by atoms with Crippen molar-refractivity contribution in [2.75, 3.05) is 45.4 Å². The minimum Gasteiger partial charge on any atom is -0.389 e. The van der Waals surface area contributed by atoms with Gasteiger partial charge in [-0.3, -0.25) is 4.90 Å². The van der Waals surface area contributed by atoms with Crippen LogP contribution in [0.5, 0.6) is 0 Å². The predicted octanol–water partition coefficient (Wildman–Crippen LogP) is 0.836. The largest absolute Gasteiger partial charge is 0.389 e. The molecule has 0 aromatic carbocycles. The van der Waals surface area contributed by atoms with Crippen LogP contribution in [0.3, 0.4) is 0 Å². The predicted molar refractivity (Wildman–Crippen MR) is 71.7 cm³/mol. The molecule has 4 nitrogen and oxygen atoms in total. The fourth-order valence-corrected chi connectivity index (χ4v) is 3.26. The van der Waals surface area contributed by atoms with Crippen molar-refractivity contribution < 1.29 is 14.6 Å². The van der Waals surface area contributed by atoms with Gasteiger partial charge in [-0.05, 0) is 26.1 Å². The summed E-state index contributed by atoms with van der Waals surface area (Å²) in [5.41, 5.74) is 0. The number of likely N-dealkylation sites (N-methyl/N-ethyl adjacent to an activating group) is 1. The number of nitrogens with zero attached hydrogens (tertiary/aromatic N) is 1. The Balaban J connectivity index is 2.12. The quantitative estimate of drug-likeness (QED) is 0.703. The molecule has 0 aromatic rings. The molecule has 5 heteroatoms. The highest BCUT2D eigenvalue weighted by Crippen LogP contribution is 2.21. The average Bonchev–Trinajstić information content (AvgIpc) is 2.80. The maximum atomic E-state index is 9.88. The van der Waals surface area contributed by atoms with E-state index in [1.165, 1.54) is 17.9 Å². The second-order valence-electron chi connectivity index (χ2n) is 4.71. The summed E-state index contributed by atoms with van der Waals surface area (Å²) in [7, 11) is 3.74. The molecule has 0 bridgehead atoms. The van der Waals surface area contributed by atoms with Gasteiger partial charge in [0, 0.05) is 25.4 Å². The van der Waals surface area contributed by atoms with Crippen molar-refractivity contribution in [3.8, 4) is 0 Å². The summed E-state index contributed by atoms with van der Waals surface area (Å²) in [4.78, 5) is 2.25. The van der Waals surface area contributed by atoms with Crippen LogP contribution in [0, 0.1) is 0 Å². The van der Waals surface area contributed by atoms with E-state index in [0.717, 1.165) is 0 Å². The lowest BCUT2D eigenvalue weighted by Gasteiger charge is -2.26. The van der Waals surface area contributed by atoms with Crippen molar-refractivity contribution >= 4 is 11.8 Å². The number of aliphatic hydroxyl groups is 1. The van der Waals surface area contributed by atoms with Crippen molar-refractivity contribution in [3.05, 3.63) is 0 Å². The third-order valence-corrected chi connectivity index (χ3v) is 4.15. The Morgan fingerprint density at radius 1 is 1.47 bits per heavy atom. The zero-order valence-electron chi connectivity index (χ0n) is 11.1. The van der Waals surface area contributed by atoms with Crippen LogP contribution in [-0.2, 0) is 9.47 Å². The first kappa shape index (κ1) is 15.2. The summed E-state index contributed by atoms with van der Waals surface area (Å²) in [6.45, 7) is 3.59. The summed E-state index contributed by atoms with van der Waals surface area (Å²) in [6.07, 6.45) is 0.862. The van der Waals surface area contributed by atoms with E-state index < -0.39 is 6.10 Å². The zero-order chi connectivity index (χ0) is 12.7. The molecule has 0 radical (unpaired) electrons. The van der Waals surface area contributed by atoms with Gasteiger partial charge in [-0.2, -0.15) is 11.8 Å². The van der Waals surface area contributed by atoms with E-state index in [1.807, 2.05) is 18.7 Å². The first-order valence-electron chi connectivity index (χ1n) is 6.20. The van der Waals surface area contributed by atoms with E-state index in [0.29, 0.717) is 25.8 Å². The smallest absolute Gasteiger partial charge is 0.0900 e. The van der Waals surface area contributed by atoms with Crippen molar-refractivity contribution in [1.29, 1.82) is 0 Å². The van der Waals surface area contributed by atoms with Crippen molar-refractivity contribution in [2.45, 2.75) is 31.6 Å². The number of ether oxygens (including phenoxy) is 2. The summed E-state index contributed by atoms with van der Waals surface area (Å²) >= 11 is 1.99. The standard InChI is InChI=1S/C12H25NO3S/c1-10(7-15-3)16-8-12(14)6-13(2)11-4-5-17-9-11/h10-12,14H,4-9H2,1-3H3. The maximum Gasteiger partial charge on any atom is 0.0900 e. The molecule has 1 aliphatic rings. The lowest BCUT2D eigenvalue weighted by molar-refractivity contribution is -0.0399. The van der Waals surface area contributed by atoms with E-state index in [9.17, 15) is 5.11 Å². The van der Waals surface area contributed by atoms with Gasteiger partial charge in [0.25, 0.3) is 0 Å². The highest BCUT2D eigenvalue weighted by molar-refractivity contribution is 7.99. The van der Waals surface area contributed by atoms with Gasteiger partial charge in [-0.15, -0.1) is 0 Å². The lowest BCUT2D eigenvalue weighted by Crippen LogP contribution is -2.39. The topological polar surface area (TPSA) is 41.9 Å². The molecular formula is C12H25NO3S. The van der Waals surface area contributed by atoms with Gasteiger partial charge in [-0.25, -0.2) is 0 Å². The summed E-state index contributed by atoms with van der Waals surface area (Å²) in [5.74, 6) is 2.43. The Kier molecular flexibility index (Phi) is 7.46. The van der Waals surface area contributed by atoms with E-state index in [2.05, 4.69) is 11.9 Å². The minimum atomic E-state index is -0.412. The average molecular weight is 263 g/mol. The monoisotopic (exact) mass is 263 g/mol. The molecule has 3 atom stereocenters. The molecule has 1 N–H and O–H groups in total. The summed E-state index contributed by atoms with van der Waals surface area (Å²) in [5, 5.41) is 9.88. The third-order valence-electron chi connectivity index (χ3n) is 3.00. The number of methoxy groups -OCH3 is 1. The molecule has 17 heavy (non-hydrogen) atoms. The summed E-state index contributed by atoms with van der Waals surface area (Å²) < 4.78 is 10.5. The van der Waals surface area contributed by atoms with Crippen LogP contribution in [0.25, 0.3) is 0 Å². The molecule has 0 aliphatic carbocycles.